The van der Waals surface area contributed by atoms with E-state index in [1.807, 2.05) is 0 Å². The molecule has 0 saturated carbocycles. The summed E-state index contributed by atoms with van der Waals surface area (Å²) in [5.74, 6) is -1.19. The van der Waals surface area contributed by atoms with Crippen molar-refractivity contribution in [3.63, 3.8) is 0 Å². The molecule has 0 aliphatic heterocycles. The Morgan fingerprint density at radius 2 is 2.22 bits per heavy atom. The van der Waals surface area contributed by atoms with Crippen LogP contribution in [0, 0.1) is 0 Å². The fourth-order valence-corrected chi connectivity index (χ4v) is 0.725. The predicted octanol–water partition coefficient (Wildman–Crippen LogP) is 0.310. The van der Waals surface area contributed by atoms with Gasteiger partial charge in [-0.2, -0.15) is 0 Å². The molecule has 2 nitrogen and oxygen atoms in total. The van der Waals surface area contributed by atoms with Gasteiger partial charge in [0.15, 0.2) is 0 Å². The van der Waals surface area contributed by atoms with Gasteiger partial charge >= 0.3 is 0 Å². The number of allylic oxidation sites excluding steroid dienone is 1. The summed E-state index contributed by atoms with van der Waals surface area (Å²) < 4.78 is 0. The van der Waals surface area contributed by atoms with Crippen molar-refractivity contribution in [2.75, 3.05) is 0 Å². The molecule has 0 aromatic heterocycles. The Morgan fingerprint density at radius 3 is 2.22 bits per heavy atom. The Morgan fingerprint density at radius 1 is 1.78 bits per heavy atom. The van der Waals surface area contributed by atoms with Crippen LogP contribution in [0.2, 0.25) is 0 Å². The lowest BCUT2D eigenvalue weighted by atomic mass is 10.2. The van der Waals surface area contributed by atoms with Gasteiger partial charge in [0.2, 0.25) is 0 Å². The van der Waals surface area contributed by atoms with Gasteiger partial charge in [-0.15, -0.1) is 11.6 Å². The van der Waals surface area contributed by atoms with E-state index >= 15 is 0 Å². The molecule has 0 bridgehead atoms. The average Bonchev–Trinajstić information content (AvgIpc) is 1.64. The van der Waals surface area contributed by atoms with Crippen LogP contribution in [0.1, 0.15) is 13.8 Å². The zero-order valence-corrected chi connectivity index (χ0v) is 6.11. The molecular weight excluding hydrogens is 140 g/mol. The van der Waals surface area contributed by atoms with Crippen LogP contribution in [0.4, 0.5) is 0 Å². The standard InChI is InChI=1S/C6H9ClO2/c1-3-5(4(2)7)6(8)9/h3-4H,1-2H3,(H,8,9)/p-1/b5-3+. The van der Waals surface area contributed by atoms with E-state index in [9.17, 15) is 9.90 Å². The first-order valence-electron chi connectivity index (χ1n) is 2.61. The number of hydrogen-bond acceptors (Lipinski definition) is 2. The number of alkyl halides is 1. The lowest BCUT2D eigenvalue weighted by molar-refractivity contribution is -0.299. The number of carbonyl (C=O) groups is 1. The Kier molecular flexibility index (Phi) is 3.32. The van der Waals surface area contributed by atoms with Crippen LogP contribution >= 0.6 is 11.6 Å². The smallest absolute Gasteiger partial charge is 0.0686 e. The molecule has 9 heavy (non-hydrogen) atoms. The third-order valence-corrected chi connectivity index (χ3v) is 1.21. The third kappa shape index (κ3) is 2.51. The van der Waals surface area contributed by atoms with Crippen LogP contribution in [-0.4, -0.2) is 11.3 Å². The van der Waals surface area contributed by atoms with E-state index in [1.54, 1.807) is 13.8 Å². The summed E-state index contributed by atoms with van der Waals surface area (Å²) in [7, 11) is 0. The summed E-state index contributed by atoms with van der Waals surface area (Å²) in [5, 5.41) is 9.64. The van der Waals surface area contributed by atoms with Crippen LogP contribution in [0.15, 0.2) is 11.6 Å². The molecule has 52 valence electrons. The Bertz CT molecular complexity index is 138. The van der Waals surface area contributed by atoms with E-state index < -0.39 is 11.3 Å². The van der Waals surface area contributed by atoms with Crippen molar-refractivity contribution in [1.82, 2.24) is 0 Å². The largest absolute Gasteiger partial charge is 0.545 e. The van der Waals surface area contributed by atoms with Gasteiger partial charge in [0.05, 0.1) is 11.3 Å². The van der Waals surface area contributed by atoms with Gasteiger partial charge in [-0.3, -0.25) is 0 Å². The number of carboxylic acid groups (broad SMARTS) is 1. The molecule has 0 aliphatic rings. The first kappa shape index (κ1) is 8.50. The van der Waals surface area contributed by atoms with Crippen molar-refractivity contribution in [3.05, 3.63) is 11.6 Å². The molecule has 0 heterocycles. The Hall–Kier alpha value is -0.500. The molecule has 0 saturated heterocycles. The number of halogens is 1. The molecule has 0 spiro atoms. The molecule has 0 N–H and O–H groups in total. The fourth-order valence-electron chi connectivity index (χ4n) is 0.510. The topological polar surface area (TPSA) is 40.1 Å². The second-order valence-electron chi connectivity index (χ2n) is 1.65. The van der Waals surface area contributed by atoms with Gasteiger partial charge in [-0.1, -0.05) is 6.08 Å². The maximum atomic E-state index is 10.1. The highest BCUT2D eigenvalue weighted by Crippen LogP contribution is 2.06. The highest BCUT2D eigenvalue weighted by Gasteiger charge is 2.02. The number of rotatable bonds is 2. The predicted molar refractivity (Wildman–Crippen MR) is 34.1 cm³/mol. The summed E-state index contributed by atoms with van der Waals surface area (Å²) in [6.07, 6.45) is 1.44. The second-order valence-corrected chi connectivity index (χ2v) is 2.30. The van der Waals surface area contributed by atoms with E-state index in [1.165, 1.54) is 6.08 Å². The summed E-state index contributed by atoms with van der Waals surface area (Å²) in [5.41, 5.74) is 0.136. The van der Waals surface area contributed by atoms with Crippen molar-refractivity contribution >= 4 is 17.6 Å². The van der Waals surface area contributed by atoms with Gasteiger partial charge in [0, 0.05) is 0 Å². The molecule has 1 atom stereocenters. The summed E-state index contributed by atoms with van der Waals surface area (Å²) >= 11 is 5.45. The molecule has 3 heteroatoms. The minimum atomic E-state index is -1.19. The van der Waals surface area contributed by atoms with Crippen LogP contribution in [0.25, 0.3) is 0 Å². The van der Waals surface area contributed by atoms with Crippen LogP contribution in [0.5, 0.6) is 0 Å². The van der Waals surface area contributed by atoms with Gasteiger partial charge in [0.1, 0.15) is 0 Å². The SMILES string of the molecule is C/C=C(/C(=O)[O-])C(C)Cl. The number of hydrogen-bond donors (Lipinski definition) is 0. The minimum absolute atomic E-state index is 0.136. The maximum Gasteiger partial charge on any atom is 0.0686 e. The van der Waals surface area contributed by atoms with Crippen molar-refractivity contribution in [3.8, 4) is 0 Å². The van der Waals surface area contributed by atoms with Crippen molar-refractivity contribution in [1.29, 1.82) is 0 Å². The van der Waals surface area contributed by atoms with E-state index in [0.29, 0.717) is 0 Å². The molecule has 0 aromatic carbocycles. The molecule has 0 fully saturated rings. The van der Waals surface area contributed by atoms with Crippen LogP contribution in [0.3, 0.4) is 0 Å². The van der Waals surface area contributed by atoms with Gasteiger partial charge in [-0.05, 0) is 19.4 Å². The molecule has 0 aliphatic carbocycles. The molecule has 0 rings (SSSR count). The van der Waals surface area contributed by atoms with Crippen molar-refractivity contribution < 1.29 is 9.90 Å². The first-order chi connectivity index (χ1) is 4.09. The molecular formula is C6H8ClO2-. The monoisotopic (exact) mass is 147 g/mol. The molecule has 1 unspecified atom stereocenters. The molecule has 0 amide bonds. The summed E-state index contributed by atoms with van der Waals surface area (Å²) in [6.45, 7) is 3.21. The van der Waals surface area contributed by atoms with Gasteiger partial charge < -0.3 is 9.90 Å². The van der Waals surface area contributed by atoms with Gasteiger partial charge in [-0.25, -0.2) is 0 Å². The van der Waals surface area contributed by atoms with E-state index in [0.717, 1.165) is 0 Å². The number of carboxylic acids is 1. The fraction of sp³-hybridized carbons (Fsp3) is 0.500. The van der Waals surface area contributed by atoms with E-state index in [2.05, 4.69) is 0 Å². The highest BCUT2D eigenvalue weighted by molar-refractivity contribution is 6.24. The lowest BCUT2D eigenvalue weighted by Gasteiger charge is -2.08. The van der Waals surface area contributed by atoms with Crippen molar-refractivity contribution in [2.24, 2.45) is 0 Å². The van der Waals surface area contributed by atoms with Crippen LogP contribution < -0.4 is 5.11 Å². The quantitative estimate of drug-likeness (QED) is 0.417. The molecule has 0 radical (unpaired) electrons. The Balaban J connectivity index is 4.19. The van der Waals surface area contributed by atoms with E-state index in [4.69, 9.17) is 11.6 Å². The molecule has 0 aromatic rings. The average molecular weight is 148 g/mol. The van der Waals surface area contributed by atoms with Crippen LogP contribution in [-0.2, 0) is 4.79 Å². The summed E-state index contributed by atoms with van der Waals surface area (Å²) in [4.78, 5) is 10.1. The number of carbonyl (C=O) groups excluding carboxylic acids is 1. The Labute approximate surface area is 59.1 Å². The first-order valence-corrected chi connectivity index (χ1v) is 3.04. The summed E-state index contributed by atoms with van der Waals surface area (Å²) in [6, 6.07) is 0. The lowest BCUT2D eigenvalue weighted by Crippen LogP contribution is -2.27. The normalized spacial score (nSPS) is 15.2. The minimum Gasteiger partial charge on any atom is -0.545 e. The zero-order chi connectivity index (χ0) is 7.44. The van der Waals surface area contributed by atoms with E-state index in [-0.39, 0.29) is 5.57 Å². The zero-order valence-electron chi connectivity index (χ0n) is 5.35. The third-order valence-electron chi connectivity index (χ3n) is 0.975. The van der Waals surface area contributed by atoms with Crippen molar-refractivity contribution in [2.45, 2.75) is 19.2 Å². The number of aliphatic carboxylic acids is 1. The highest BCUT2D eigenvalue weighted by atomic mass is 35.5. The van der Waals surface area contributed by atoms with Gasteiger partial charge in [0.25, 0.3) is 0 Å². The maximum absolute atomic E-state index is 10.1. The second kappa shape index (κ2) is 3.51.